The first-order valence-electron chi connectivity index (χ1n) is 7.96. The topological polar surface area (TPSA) is 32.6 Å². The van der Waals surface area contributed by atoms with Gasteiger partial charge in [0.2, 0.25) is 0 Å². The summed E-state index contributed by atoms with van der Waals surface area (Å²) in [7, 11) is 0. The zero-order valence-electron chi connectivity index (χ0n) is 12.9. The number of pyridine rings is 1. The molecule has 4 rings (SSSR count). The van der Waals surface area contributed by atoms with E-state index in [1.165, 1.54) is 17.8 Å². The van der Waals surface area contributed by atoms with Crippen LogP contribution in [-0.2, 0) is 6.42 Å². The maximum Gasteiger partial charge on any atom is 0.137 e. The third-order valence-electron chi connectivity index (χ3n) is 4.27. The SMILES string of the molecule is Fc1ccc(Cc2cn3cc(N4CCNCC4)ccc3n2)cc1. The van der Waals surface area contributed by atoms with Gasteiger partial charge in [-0.2, -0.15) is 0 Å². The minimum absolute atomic E-state index is 0.204. The molecule has 0 radical (unpaired) electrons. The highest BCUT2D eigenvalue weighted by Gasteiger charge is 2.11. The Balaban J connectivity index is 1.58. The molecule has 1 saturated heterocycles. The van der Waals surface area contributed by atoms with Gasteiger partial charge in [-0.3, -0.25) is 0 Å². The third-order valence-corrected chi connectivity index (χ3v) is 4.27. The highest BCUT2D eigenvalue weighted by Crippen LogP contribution is 2.18. The number of imidazole rings is 1. The molecule has 0 atom stereocenters. The molecular formula is C18H19FN4. The van der Waals surface area contributed by atoms with Crippen molar-refractivity contribution in [2.45, 2.75) is 6.42 Å². The molecule has 118 valence electrons. The molecule has 4 nitrogen and oxygen atoms in total. The number of fused-ring (bicyclic) bond motifs is 1. The minimum atomic E-state index is -0.204. The van der Waals surface area contributed by atoms with E-state index < -0.39 is 0 Å². The number of benzene rings is 1. The van der Waals surface area contributed by atoms with Gasteiger partial charge in [-0.1, -0.05) is 12.1 Å². The molecule has 1 aliphatic rings. The Hall–Kier alpha value is -2.40. The zero-order chi connectivity index (χ0) is 15.6. The van der Waals surface area contributed by atoms with E-state index in [2.05, 4.69) is 44.1 Å². The van der Waals surface area contributed by atoms with E-state index in [9.17, 15) is 4.39 Å². The van der Waals surface area contributed by atoms with Crippen molar-refractivity contribution in [3.8, 4) is 0 Å². The number of aromatic nitrogens is 2. The summed E-state index contributed by atoms with van der Waals surface area (Å²) in [6.07, 6.45) is 4.91. The summed E-state index contributed by atoms with van der Waals surface area (Å²) in [6.45, 7) is 4.11. The summed E-state index contributed by atoms with van der Waals surface area (Å²) in [5, 5.41) is 3.37. The highest BCUT2D eigenvalue weighted by molar-refractivity contribution is 5.53. The second-order valence-electron chi connectivity index (χ2n) is 5.93. The summed E-state index contributed by atoms with van der Waals surface area (Å²) in [5.41, 5.74) is 4.23. The van der Waals surface area contributed by atoms with Gasteiger partial charge in [-0.25, -0.2) is 9.37 Å². The molecule has 0 amide bonds. The van der Waals surface area contributed by atoms with Crippen LogP contribution in [0.2, 0.25) is 0 Å². The lowest BCUT2D eigenvalue weighted by Crippen LogP contribution is -2.43. The van der Waals surface area contributed by atoms with Gasteiger partial charge in [0.25, 0.3) is 0 Å². The lowest BCUT2D eigenvalue weighted by atomic mass is 10.1. The number of nitrogens with one attached hydrogen (secondary N) is 1. The number of nitrogens with zero attached hydrogens (tertiary/aromatic N) is 3. The predicted octanol–water partition coefficient (Wildman–Crippen LogP) is 2.47. The molecule has 1 aliphatic heterocycles. The molecule has 23 heavy (non-hydrogen) atoms. The first kappa shape index (κ1) is 14.2. The summed E-state index contributed by atoms with van der Waals surface area (Å²) >= 11 is 0. The van der Waals surface area contributed by atoms with Crippen molar-refractivity contribution < 1.29 is 4.39 Å². The Kier molecular flexibility index (Phi) is 3.71. The molecule has 3 aromatic rings. The van der Waals surface area contributed by atoms with Crippen molar-refractivity contribution in [3.05, 3.63) is 65.9 Å². The molecule has 1 fully saturated rings. The van der Waals surface area contributed by atoms with Crippen LogP contribution in [0.5, 0.6) is 0 Å². The third kappa shape index (κ3) is 3.05. The Morgan fingerprint density at radius 3 is 2.57 bits per heavy atom. The van der Waals surface area contributed by atoms with Crippen LogP contribution >= 0.6 is 0 Å². The van der Waals surface area contributed by atoms with Gasteiger partial charge in [0.05, 0.1) is 11.4 Å². The van der Waals surface area contributed by atoms with Crippen LogP contribution < -0.4 is 10.2 Å². The van der Waals surface area contributed by atoms with E-state index in [0.717, 1.165) is 43.1 Å². The quantitative estimate of drug-likeness (QED) is 0.807. The Morgan fingerprint density at radius 2 is 1.78 bits per heavy atom. The van der Waals surface area contributed by atoms with Crippen molar-refractivity contribution >= 4 is 11.3 Å². The molecular weight excluding hydrogens is 291 g/mol. The number of hydrogen-bond acceptors (Lipinski definition) is 3. The lowest BCUT2D eigenvalue weighted by Gasteiger charge is -2.29. The normalized spacial score (nSPS) is 15.3. The molecule has 1 N–H and O–H groups in total. The van der Waals surface area contributed by atoms with Gasteiger partial charge < -0.3 is 14.6 Å². The van der Waals surface area contributed by atoms with Crippen LogP contribution in [0.15, 0.2) is 48.8 Å². The van der Waals surface area contributed by atoms with E-state index in [0.29, 0.717) is 6.42 Å². The second-order valence-corrected chi connectivity index (χ2v) is 5.93. The van der Waals surface area contributed by atoms with E-state index in [1.54, 1.807) is 0 Å². The average Bonchev–Trinajstić information content (AvgIpc) is 2.99. The van der Waals surface area contributed by atoms with Gasteiger partial charge in [-0.15, -0.1) is 0 Å². The maximum atomic E-state index is 13.0. The number of anilines is 1. The fraction of sp³-hybridized carbons (Fsp3) is 0.278. The fourth-order valence-corrected chi connectivity index (χ4v) is 3.04. The van der Waals surface area contributed by atoms with Crippen molar-refractivity contribution in [1.29, 1.82) is 0 Å². The maximum absolute atomic E-state index is 13.0. The standard InChI is InChI=1S/C18H19FN4/c19-15-3-1-14(2-4-15)11-16-12-23-13-17(5-6-18(23)21-16)22-9-7-20-8-10-22/h1-6,12-13,20H,7-11H2. The summed E-state index contributed by atoms with van der Waals surface area (Å²) in [4.78, 5) is 7.04. The van der Waals surface area contributed by atoms with Gasteiger partial charge in [-0.05, 0) is 29.8 Å². The number of hydrogen-bond donors (Lipinski definition) is 1. The lowest BCUT2D eigenvalue weighted by molar-refractivity contribution is 0.588. The molecule has 1 aromatic carbocycles. The zero-order valence-corrected chi connectivity index (χ0v) is 12.9. The van der Waals surface area contributed by atoms with E-state index in [4.69, 9.17) is 0 Å². The van der Waals surface area contributed by atoms with Gasteiger partial charge in [0.1, 0.15) is 11.5 Å². The molecule has 3 heterocycles. The van der Waals surface area contributed by atoms with Gasteiger partial charge in [0, 0.05) is 45.0 Å². The van der Waals surface area contributed by atoms with Crippen molar-refractivity contribution in [2.24, 2.45) is 0 Å². The molecule has 2 aromatic heterocycles. The van der Waals surface area contributed by atoms with E-state index >= 15 is 0 Å². The predicted molar refractivity (Wildman–Crippen MR) is 89.5 cm³/mol. The van der Waals surface area contributed by atoms with Crippen LogP contribution in [0.4, 0.5) is 10.1 Å². The van der Waals surface area contributed by atoms with Crippen molar-refractivity contribution in [3.63, 3.8) is 0 Å². The van der Waals surface area contributed by atoms with Crippen LogP contribution in [0.25, 0.3) is 5.65 Å². The first-order chi connectivity index (χ1) is 11.3. The smallest absolute Gasteiger partial charge is 0.137 e. The first-order valence-corrected chi connectivity index (χ1v) is 7.96. The molecule has 0 aliphatic carbocycles. The Bertz CT molecular complexity index is 804. The highest BCUT2D eigenvalue weighted by atomic mass is 19.1. The van der Waals surface area contributed by atoms with Crippen LogP contribution in [-0.4, -0.2) is 35.6 Å². The second kappa shape index (κ2) is 6.01. The molecule has 0 bridgehead atoms. The van der Waals surface area contributed by atoms with Crippen LogP contribution in [0.1, 0.15) is 11.3 Å². The molecule has 0 unspecified atom stereocenters. The number of piperazine rings is 1. The van der Waals surface area contributed by atoms with E-state index in [1.807, 2.05) is 12.1 Å². The fourth-order valence-electron chi connectivity index (χ4n) is 3.04. The summed E-state index contributed by atoms with van der Waals surface area (Å²) in [5.74, 6) is -0.204. The van der Waals surface area contributed by atoms with E-state index in [-0.39, 0.29) is 5.82 Å². The molecule has 0 saturated carbocycles. The van der Waals surface area contributed by atoms with Crippen LogP contribution in [0.3, 0.4) is 0 Å². The Labute approximate surface area is 134 Å². The largest absolute Gasteiger partial charge is 0.368 e. The Morgan fingerprint density at radius 1 is 1.00 bits per heavy atom. The van der Waals surface area contributed by atoms with Crippen molar-refractivity contribution in [1.82, 2.24) is 14.7 Å². The average molecular weight is 310 g/mol. The minimum Gasteiger partial charge on any atom is -0.368 e. The molecule has 0 spiro atoms. The number of halogens is 1. The van der Waals surface area contributed by atoms with Gasteiger partial charge in [0.15, 0.2) is 0 Å². The number of rotatable bonds is 3. The van der Waals surface area contributed by atoms with Gasteiger partial charge >= 0.3 is 0 Å². The van der Waals surface area contributed by atoms with Crippen LogP contribution in [0, 0.1) is 5.82 Å². The molecule has 5 heteroatoms. The monoisotopic (exact) mass is 310 g/mol. The summed E-state index contributed by atoms with van der Waals surface area (Å²) in [6, 6.07) is 10.8. The summed E-state index contributed by atoms with van der Waals surface area (Å²) < 4.78 is 15.1. The van der Waals surface area contributed by atoms with Crippen molar-refractivity contribution in [2.75, 3.05) is 31.1 Å².